The van der Waals surface area contributed by atoms with Gasteiger partial charge in [0.1, 0.15) is 5.76 Å². The van der Waals surface area contributed by atoms with Crippen molar-refractivity contribution in [3.8, 4) is 0 Å². The Balaban J connectivity index is 1.72. The van der Waals surface area contributed by atoms with E-state index in [0.717, 1.165) is 29.7 Å². The van der Waals surface area contributed by atoms with Crippen molar-refractivity contribution in [3.05, 3.63) is 95.4 Å². The third-order valence-corrected chi connectivity index (χ3v) is 4.09. The first-order chi connectivity index (χ1) is 11.7. The minimum Gasteiger partial charge on any atom is -0.467 e. The smallest absolute Gasteiger partial charge is 0.254 e. The van der Waals surface area contributed by atoms with E-state index in [1.165, 1.54) is 5.56 Å². The lowest BCUT2D eigenvalue weighted by Crippen LogP contribution is -2.27. The quantitative estimate of drug-likeness (QED) is 0.677. The van der Waals surface area contributed by atoms with Crippen LogP contribution in [0.25, 0.3) is 0 Å². The summed E-state index contributed by atoms with van der Waals surface area (Å²) in [5.41, 5.74) is 3.13. The predicted molar refractivity (Wildman–Crippen MR) is 94.8 cm³/mol. The van der Waals surface area contributed by atoms with Crippen molar-refractivity contribution in [2.24, 2.45) is 0 Å². The van der Waals surface area contributed by atoms with Crippen LogP contribution < -0.4 is 0 Å². The van der Waals surface area contributed by atoms with Crippen molar-refractivity contribution in [1.82, 2.24) is 4.90 Å². The fourth-order valence-electron chi connectivity index (χ4n) is 2.78. The molecule has 0 unspecified atom stereocenters. The first-order valence-electron chi connectivity index (χ1n) is 8.14. The molecule has 24 heavy (non-hydrogen) atoms. The highest BCUT2D eigenvalue weighted by Crippen LogP contribution is 2.16. The summed E-state index contributed by atoms with van der Waals surface area (Å²) in [6, 6.07) is 21.9. The fourth-order valence-corrected chi connectivity index (χ4v) is 2.78. The summed E-state index contributed by atoms with van der Waals surface area (Å²) in [6.07, 6.45) is 3.40. The van der Waals surface area contributed by atoms with Crippen LogP contribution in [0.5, 0.6) is 0 Å². The van der Waals surface area contributed by atoms with Gasteiger partial charge >= 0.3 is 0 Å². The van der Waals surface area contributed by atoms with Crippen LogP contribution in [-0.4, -0.2) is 17.9 Å². The Morgan fingerprint density at radius 2 is 1.67 bits per heavy atom. The minimum absolute atomic E-state index is 0.0232. The van der Waals surface area contributed by atoms with E-state index in [2.05, 4.69) is 12.1 Å². The molecule has 0 spiro atoms. The molecule has 0 aliphatic rings. The zero-order valence-electron chi connectivity index (χ0n) is 13.8. The van der Waals surface area contributed by atoms with E-state index in [-0.39, 0.29) is 5.91 Å². The SMILES string of the molecule is CN(Cc1ccco1)C(=O)c1ccccc1CCc1ccccc1. The maximum Gasteiger partial charge on any atom is 0.254 e. The summed E-state index contributed by atoms with van der Waals surface area (Å²) < 4.78 is 5.33. The molecule has 1 heterocycles. The molecule has 0 bridgehead atoms. The number of rotatable bonds is 6. The third kappa shape index (κ3) is 3.93. The van der Waals surface area contributed by atoms with E-state index in [1.807, 2.05) is 54.6 Å². The summed E-state index contributed by atoms with van der Waals surface area (Å²) in [4.78, 5) is 14.5. The molecule has 3 aromatic rings. The van der Waals surface area contributed by atoms with Crippen molar-refractivity contribution < 1.29 is 9.21 Å². The van der Waals surface area contributed by atoms with Gasteiger partial charge < -0.3 is 9.32 Å². The molecule has 0 atom stereocenters. The fraction of sp³-hybridized carbons (Fsp3) is 0.190. The number of carbonyl (C=O) groups is 1. The number of hydrogen-bond acceptors (Lipinski definition) is 2. The molecule has 1 amide bonds. The van der Waals surface area contributed by atoms with Gasteiger partial charge in [0.25, 0.3) is 5.91 Å². The van der Waals surface area contributed by atoms with Gasteiger partial charge in [-0.15, -0.1) is 0 Å². The molecule has 3 heteroatoms. The molecular weight excluding hydrogens is 298 g/mol. The summed E-state index contributed by atoms with van der Waals surface area (Å²) in [5, 5.41) is 0. The van der Waals surface area contributed by atoms with Gasteiger partial charge in [0.15, 0.2) is 0 Å². The van der Waals surface area contributed by atoms with Gasteiger partial charge in [-0.25, -0.2) is 0 Å². The van der Waals surface area contributed by atoms with Crippen LogP contribution in [0.3, 0.4) is 0 Å². The predicted octanol–water partition coefficient (Wildman–Crippen LogP) is 4.34. The van der Waals surface area contributed by atoms with Gasteiger partial charge in [-0.2, -0.15) is 0 Å². The zero-order valence-corrected chi connectivity index (χ0v) is 13.8. The lowest BCUT2D eigenvalue weighted by molar-refractivity contribution is 0.0774. The highest BCUT2D eigenvalue weighted by atomic mass is 16.3. The van der Waals surface area contributed by atoms with Gasteiger partial charge in [-0.1, -0.05) is 48.5 Å². The molecule has 0 N–H and O–H groups in total. The van der Waals surface area contributed by atoms with Crippen LogP contribution in [0, 0.1) is 0 Å². The van der Waals surface area contributed by atoms with Gasteiger partial charge in [0.2, 0.25) is 0 Å². The molecule has 2 aromatic carbocycles. The van der Waals surface area contributed by atoms with Crippen molar-refractivity contribution in [1.29, 1.82) is 0 Å². The first kappa shape index (κ1) is 16.1. The Morgan fingerprint density at radius 3 is 2.42 bits per heavy atom. The number of nitrogens with zero attached hydrogens (tertiary/aromatic N) is 1. The molecule has 0 aliphatic heterocycles. The lowest BCUT2D eigenvalue weighted by Gasteiger charge is -2.18. The maximum atomic E-state index is 12.8. The average molecular weight is 319 g/mol. The van der Waals surface area contributed by atoms with Crippen LogP contribution in [0.1, 0.15) is 27.2 Å². The van der Waals surface area contributed by atoms with Crippen LogP contribution in [0.2, 0.25) is 0 Å². The Bertz CT molecular complexity index is 779. The highest BCUT2D eigenvalue weighted by Gasteiger charge is 2.16. The second-order valence-electron chi connectivity index (χ2n) is 5.88. The number of hydrogen-bond donors (Lipinski definition) is 0. The molecule has 3 nitrogen and oxygen atoms in total. The molecule has 0 saturated heterocycles. The number of benzene rings is 2. The van der Waals surface area contributed by atoms with Crippen LogP contribution in [-0.2, 0) is 19.4 Å². The molecule has 122 valence electrons. The minimum atomic E-state index is 0.0232. The van der Waals surface area contributed by atoms with E-state index in [0.29, 0.717) is 6.54 Å². The molecule has 0 radical (unpaired) electrons. The molecule has 0 fully saturated rings. The Hall–Kier alpha value is -2.81. The second-order valence-corrected chi connectivity index (χ2v) is 5.88. The summed E-state index contributed by atoms with van der Waals surface area (Å²) in [6.45, 7) is 0.471. The summed E-state index contributed by atoms with van der Waals surface area (Å²) >= 11 is 0. The van der Waals surface area contributed by atoms with Crippen LogP contribution in [0.15, 0.2) is 77.4 Å². The molecule has 1 aromatic heterocycles. The van der Waals surface area contributed by atoms with E-state index < -0.39 is 0 Å². The Morgan fingerprint density at radius 1 is 0.917 bits per heavy atom. The van der Waals surface area contributed by atoms with Crippen molar-refractivity contribution in [2.75, 3.05) is 7.05 Å². The van der Waals surface area contributed by atoms with Crippen LogP contribution in [0.4, 0.5) is 0 Å². The van der Waals surface area contributed by atoms with E-state index >= 15 is 0 Å². The van der Waals surface area contributed by atoms with Crippen molar-refractivity contribution in [2.45, 2.75) is 19.4 Å². The maximum absolute atomic E-state index is 12.8. The topological polar surface area (TPSA) is 33.5 Å². The average Bonchev–Trinajstić information content (AvgIpc) is 3.13. The largest absolute Gasteiger partial charge is 0.467 e. The van der Waals surface area contributed by atoms with E-state index in [1.54, 1.807) is 18.2 Å². The first-order valence-corrected chi connectivity index (χ1v) is 8.14. The number of aryl methyl sites for hydroxylation is 2. The Labute approximate surface area is 142 Å². The van der Waals surface area contributed by atoms with Gasteiger partial charge in [-0.3, -0.25) is 4.79 Å². The summed E-state index contributed by atoms with van der Waals surface area (Å²) in [7, 11) is 1.80. The monoisotopic (exact) mass is 319 g/mol. The van der Waals surface area contributed by atoms with Crippen LogP contribution >= 0.6 is 0 Å². The van der Waals surface area contributed by atoms with E-state index in [9.17, 15) is 4.79 Å². The highest BCUT2D eigenvalue weighted by molar-refractivity contribution is 5.95. The summed E-state index contributed by atoms with van der Waals surface area (Å²) in [5.74, 6) is 0.808. The lowest BCUT2D eigenvalue weighted by atomic mass is 9.99. The number of furan rings is 1. The number of amides is 1. The zero-order chi connectivity index (χ0) is 16.8. The standard InChI is InChI=1S/C21H21NO2/c1-22(16-19-11-7-15-24-19)21(23)20-12-6-5-10-18(20)14-13-17-8-3-2-4-9-17/h2-12,15H,13-14,16H2,1H3. The molecule has 0 aliphatic carbocycles. The van der Waals surface area contributed by atoms with E-state index in [4.69, 9.17) is 4.42 Å². The molecule has 3 rings (SSSR count). The second kappa shape index (κ2) is 7.64. The molecular formula is C21H21NO2. The van der Waals surface area contributed by atoms with Gasteiger partial charge in [0.05, 0.1) is 12.8 Å². The van der Waals surface area contributed by atoms with Gasteiger partial charge in [0, 0.05) is 12.6 Å². The Kier molecular flexibility index (Phi) is 5.12. The normalized spacial score (nSPS) is 10.5. The van der Waals surface area contributed by atoms with Crippen molar-refractivity contribution in [3.63, 3.8) is 0 Å². The van der Waals surface area contributed by atoms with Gasteiger partial charge in [-0.05, 0) is 42.2 Å². The molecule has 0 saturated carbocycles. The van der Waals surface area contributed by atoms with Crippen molar-refractivity contribution >= 4 is 5.91 Å². The third-order valence-electron chi connectivity index (χ3n) is 4.09. The number of carbonyl (C=O) groups excluding carboxylic acids is 1.